The first-order valence-electron chi connectivity index (χ1n) is 8.15. The Hall–Kier alpha value is -1.45. The molecule has 24 heavy (non-hydrogen) atoms. The zero-order valence-corrected chi connectivity index (χ0v) is 16.1. The largest absolute Gasteiger partial charge is 0.326 e. The van der Waals surface area contributed by atoms with Gasteiger partial charge >= 0.3 is 0 Å². The molecule has 0 aliphatic rings. The molecule has 0 aliphatic carbocycles. The van der Waals surface area contributed by atoms with Gasteiger partial charge in [-0.3, -0.25) is 4.79 Å². The van der Waals surface area contributed by atoms with Gasteiger partial charge in [0.25, 0.3) is 0 Å². The number of thioether (sulfide) groups is 1. The fourth-order valence-electron chi connectivity index (χ4n) is 2.73. The van der Waals surface area contributed by atoms with Gasteiger partial charge in [-0.25, -0.2) is 0 Å². The maximum Gasteiger partial charge on any atom is 0.224 e. The summed E-state index contributed by atoms with van der Waals surface area (Å²) >= 11 is 7.81. The van der Waals surface area contributed by atoms with Crippen LogP contribution in [0.1, 0.15) is 35.1 Å². The van der Waals surface area contributed by atoms with Crippen LogP contribution in [0.2, 0.25) is 5.02 Å². The van der Waals surface area contributed by atoms with Gasteiger partial charge in [-0.1, -0.05) is 41.4 Å². The predicted molar refractivity (Wildman–Crippen MR) is 106 cm³/mol. The minimum Gasteiger partial charge on any atom is -0.326 e. The van der Waals surface area contributed by atoms with Gasteiger partial charge in [0, 0.05) is 22.9 Å². The number of hydrogen-bond acceptors (Lipinski definition) is 2. The molecule has 0 bridgehead atoms. The Morgan fingerprint density at radius 3 is 2.50 bits per heavy atom. The summed E-state index contributed by atoms with van der Waals surface area (Å²) in [4.78, 5) is 12.1. The van der Waals surface area contributed by atoms with Crippen molar-refractivity contribution in [3.8, 4) is 0 Å². The number of carbonyl (C=O) groups excluding carboxylic acids is 1. The van der Waals surface area contributed by atoms with E-state index in [0.717, 1.165) is 39.8 Å². The Labute approximate surface area is 154 Å². The molecule has 0 saturated heterocycles. The number of anilines is 1. The molecule has 0 aromatic heterocycles. The summed E-state index contributed by atoms with van der Waals surface area (Å²) < 4.78 is 0. The maximum absolute atomic E-state index is 12.1. The molecule has 0 aliphatic heterocycles. The van der Waals surface area contributed by atoms with E-state index in [1.807, 2.05) is 43.8 Å². The SMILES string of the molecule is Cc1cc(C)c(NC(=O)CCCSCc2cccc(Cl)c2)c(C)c1. The van der Waals surface area contributed by atoms with E-state index in [-0.39, 0.29) is 5.91 Å². The molecule has 128 valence electrons. The molecule has 1 N–H and O–H groups in total. The van der Waals surface area contributed by atoms with E-state index in [9.17, 15) is 4.79 Å². The van der Waals surface area contributed by atoms with Crippen LogP contribution in [-0.4, -0.2) is 11.7 Å². The first kappa shape index (κ1) is 18.9. The quantitative estimate of drug-likeness (QED) is 0.620. The zero-order chi connectivity index (χ0) is 17.5. The van der Waals surface area contributed by atoms with Crippen LogP contribution in [0.4, 0.5) is 5.69 Å². The summed E-state index contributed by atoms with van der Waals surface area (Å²) in [5.74, 6) is 1.98. The molecule has 0 saturated carbocycles. The molecule has 0 heterocycles. The Morgan fingerprint density at radius 1 is 1.12 bits per heavy atom. The normalized spacial score (nSPS) is 10.7. The Kier molecular flexibility index (Phi) is 7.19. The molecule has 4 heteroatoms. The van der Waals surface area contributed by atoms with E-state index in [1.54, 1.807) is 0 Å². The van der Waals surface area contributed by atoms with Crippen LogP contribution in [0.15, 0.2) is 36.4 Å². The molecular weight excluding hydrogens is 338 g/mol. The van der Waals surface area contributed by atoms with Crippen LogP contribution < -0.4 is 5.32 Å². The van der Waals surface area contributed by atoms with Crippen LogP contribution in [0, 0.1) is 20.8 Å². The number of halogens is 1. The third-order valence-electron chi connectivity index (χ3n) is 3.79. The number of benzene rings is 2. The fourth-order valence-corrected chi connectivity index (χ4v) is 3.85. The summed E-state index contributed by atoms with van der Waals surface area (Å²) in [5.41, 5.74) is 5.65. The number of nitrogens with one attached hydrogen (secondary N) is 1. The summed E-state index contributed by atoms with van der Waals surface area (Å²) in [6.07, 6.45) is 1.43. The van der Waals surface area contributed by atoms with E-state index in [4.69, 9.17) is 11.6 Å². The summed E-state index contributed by atoms with van der Waals surface area (Å²) in [5, 5.41) is 3.83. The first-order chi connectivity index (χ1) is 11.5. The molecule has 0 atom stereocenters. The third kappa shape index (κ3) is 5.88. The lowest BCUT2D eigenvalue weighted by Crippen LogP contribution is -2.13. The average molecular weight is 362 g/mol. The van der Waals surface area contributed by atoms with Gasteiger partial charge in [0.15, 0.2) is 0 Å². The molecule has 0 spiro atoms. The first-order valence-corrected chi connectivity index (χ1v) is 9.69. The third-order valence-corrected chi connectivity index (χ3v) is 5.14. The topological polar surface area (TPSA) is 29.1 Å². The van der Waals surface area contributed by atoms with Crippen molar-refractivity contribution in [1.29, 1.82) is 0 Å². The molecule has 1 amide bonds. The number of hydrogen-bond donors (Lipinski definition) is 1. The van der Waals surface area contributed by atoms with Gasteiger partial charge in [-0.05, 0) is 61.8 Å². The number of aryl methyl sites for hydroxylation is 3. The lowest BCUT2D eigenvalue weighted by Gasteiger charge is -2.12. The highest BCUT2D eigenvalue weighted by atomic mass is 35.5. The molecule has 2 aromatic carbocycles. The van der Waals surface area contributed by atoms with Crippen LogP contribution in [-0.2, 0) is 10.5 Å². The smallest absolute Gasteiger partial charge is 0.224 e. The van der Waals surface area contributed by atoms with Crippen molar-refractivity contribution in [3.63, 3.8) is 0 Å². The second kappa shape index (κ2) is 9.14. The van der Waals surface area contributed by atoms with Gasteiger partial charge in [-0.2, -0.15) is 11.8 Å². The minimum absolute atomic E-state index is 0.0911. The molecule has 0 fully saturated rings. The zero-order valence-electron chi connectivity index (χ0n) is 14.5. The summed E-state index contributed by atoms with van der Waals surface area (Å²) in [7, 11) is 0. The van der Waals surface area contributed by atoms with Crippen molar-refractivity contribution in [2.75, 3.05) is 11.1 Å². The van der Waals surface area contributed by atoms with Gasteiger partial charge < -0.3 is 5.32 Å². The lowest BCUT2D eigenvalue weighted by molar-refractivity contribution is -0.116. The summed E-state index contributed by atoms with van der Waals surface area (Å²) in [6.45, 7) is 6.15. The van der Waals surface area contributed by atoms with Crippen molar-refractivity contribution in [1.82, 2.24) is 0 Å². The van der Waals surface area contributed by atoms with Crippen molar-refractivity contribution in [2.24, 2.45) is 0 Å². The minimum atomic E-state index is 0.0911. The average Bonchev–Trinajstić information content (AvgIpc) is 2.50. The number of amides is 1. The van der Waals surface area contributed by atoms with Crippen molar-refractivity contribution >= 4 is 35.0 Å². The van der Waals surface area contributed by atoms with Crippen molar-refractivity contribution < 1.29 is 4.79 Å². The Bertz CT molecular complexity index is 692. The maximum atomic E-state index is 12.1. The molecule has 2 aromatic rings. The van der Waals surface area contributed by atoms with Gasteiger partial charge in [0.1, 0.15) is 0 Å². The van der Waals surface area contributed by atoms with Crippen LogP contribution >= 0.6 is 23.4 Å². The monoisotopic (exact) mass is 361 g/mol. The second-order valence-corrected chi connectivity index (χ2v) is 7.65. The highest BCUT2D eigenvalue weighted by molar-refractivity contribution is 7.98. The van der Waals surface area contributed by atoms with Crippen LogP contribution in [0.5, 0.6) is 0 Å². The van der Waals surface area contributed by atoms with Gasteiger partial charge in [0.05, 0.1) is 0 Å². The number of rotatable bonds is 7. The van der Waals surface area contributed by atoms with E-state index < -0.39 is 0 Å². The molecular formula is C20H24ClNOS. The number of carbonyl (C=O) groups is 1. The predicted octanol–water partition coefficient (Wildman–Crippen LogP) is 5.92. The highest BCUT2D eigenvalue weighted by Crippen LogP contribution is 2.22. The lowest BCUT2D eigenvalue weighted by atomic mass is 10.0. The molecule has 0 unspecified atom stereocenters. The van der Waals surface area contributed by atoms with Gasteiger partial charge in [-0.15, -0.1) is 0 Å². The van der Waals surface area contributed by atoms with E-state index in [0.29, 0.717) is 6.42 Å². The standard InChI is InChI=1S/C20H24ClNOS/c1-14-10-15(2)20(16(3)11-14)22-19(23)8-5-9-24-13-17-6-4-7-18(21)12-17/h4,6-7,10-12H,5,8-9,13H2,1-3H3,(H,22,23). The van der Waals surface area contributed by atoms with E-state index >= 15 is 0 Å². The Morgan fingerprint density at radius 2 is 1.83 bits per heavy atom. The highest BCUT2D eigenvalue weighted by Gasteiger charge is 2.08. The molecule has 0 radical (unpaired) electrons. The fraction of sp³-hybridized carbons (Fsp3) is 0.350. The summed E-state index contributed by atoms with van der Waals surface area (Å²) in [6, 6.07) is 12.1. The van der Waals surface area contributed by atoms with Crippen LogP contribution in [0.3, 0.4) is 0 Å². The van der Waals surface area contributed by atoms with Crippen LogP contribution in [0.25, 0.3) is 0 Å². The second-order valence-electron chi connectivity index (χ2n) is 6.11. The van der Waals surface area contributed by atoms with Crippen molar-refractivity contribution in [3.05, 3.63) is 63.7 Å². The molecule has 2 rings (SSSR count). The molecule has 2 nitrogen and oxygen atoms in total. The Balaban J connectivity index is 1.72. The van der Waals surface area contributed by atoms with Crippen molar-refractivity contribution in [2.45, 2.75) is 39.4 Å². The van der Waals surface area contributed by atoms with E-state index in [2.05, 4.69) is 30.4 Å². The van der Waals surface area contributed by atoms with Gasteiger partial charge in [0.2, 0.25) is 5.91 Å². The van der Waals surface area contributed by atoms with E-state index in [1.165, 1.54) is 11.1 Å².